The highest BCUT2D eigenvalue weighted by Gasteiger charge is 2.24. The van der Waals surface area contributed by atoms with Crippen LogP contribution in [0.2, 0.25) is 0 Å². The summed E-state index contributed by atoms with van der Waals surface area (Å²) < 4.78 is 6.13. The average molecular weight is 352 g/mol. The maximum Gasteiger partial charge on any atom is 0.292 e. The van der Waals surface area contributed by atoms with Crippen LogP contribution in [0.1, 0.15) is 48.4 Å². The van der Waals surface area contributed by atoms with Crippen molar-refractivity contribution in [1.29, 1.82) is 0 Å². The summed E-state index contributed by atoms with van der Waals surface area (Å²) in [6.45, 7) is 8.28. The predicted octanol–water partition coefficient (Wildman–Crippen LogP) is 3.37. The molecule has 0 radical (unpaired) electrons. The number of nitrogens with one attached hydrogen (secondary N) is 1. The molecule has 0 aliphatic carbocycles. The number of hydrogen-bond donors (Lipinski definition) is 1. The SMILES string of the molecule is Cc1cc(Br)ccc1CNC(=O)c1noc(C(C)(C)C)n1. The normalized spacial score (nSPS) is 11.5. The quantitative estimate of drug-likeness (QED) is 0.920. The highest BCUT2D eigenvalue weighted by Crippen LogP contribution is 2.19. The van der Waals surface area contributed by atoms with Gasteiger partial charge in [0.2, 0.25) is 5.89 Å². The van der Waals surface area contributed by atoms with Crippen LogP contribution in [0.3, 0.4) is 0 Å². The van der Waals surface area contributed by atoms with Crippen molar-refractivity contribution in [2.45, 2.75) is 39.7 Å². The summed E-state index contributed by atoms with van der Waals surface area (Å²) in [7, 11) is 0. The van der Waals surface area contributed by atoms with Gasteiger partial charge in [0.05, 0.1) is 0 Å². The van der Waals surface area contributed by atoms with E-state index < -0.39 is 0 Å². The summed E-state index contributed by atoms with van der Waals surface area (Å²) in [4.78, 5) is 16.2. The molecule has 5 nitrogen and oxygen atoms in total. The van der Waals surface area contributed by atoms with Crippen molar-refractivity contribution in [2.24, 2.45) is 0 Å². The lowest BCUT2D eigenvalue weighted by Gasteiger charge is -2.10. The lowest BCUT2D eigenvalue weighted by atomic mass is 9.97. The molecule has 1 amide bonds. The van der Waals surface area contributed by atoms with Crippen molar-refractivity contribution in [3.05, 3.63) is 45.5 Å². The molecule has 1 aromatic heterocycles. The van der Waals surface area contributed by atoms with Gasteiger partial charge in [0.1, 0.15) is 0 Å². The van der Waals surface area contributed by atoms with Crippen molar-refractivity contribution in [2.75, 3.05) is 0 Å². The first kappa shape index (κ1) is 15.7. The molecule has 0 aliphatic rings. The van der Waals surface area contributed by atoms with E-state index in [1.54, 1.807) is 0 Å². The minimum atomic E-state index is -0.337. The Hall–Kier alpha value is -1.69. The van der Waals surface area contributed by atoms with Crippen LogP contribution in [0.15, 0.2) is 27.2 Å². The Balaban J connectivity index is 2.03. The van der Waals surface area contributed by atoms with Crippen LogP contribution in [0.4, 0.5) is 0 Å². The Morgan fingerprint density at radius 2 is 2.10 bits per heavy atom. The minimum Gasteiger partial charge on any atom is -0.345 e. The standard InChI is InChI=1S/C15H18BrN3O2/c1-9-7-11(16)6-5-10(9)8-17-13(20)12-18-14(21-19-12)15(2,3)4/h5-7H,8H2,1-4H3,(H,17,20). The van der Waals surface area contributed by atoms with Crippen molar-refractivity contribution >= 4 is 21.8 Å². The van der Waals surface area contributed by atoms with Gasteiger partial charge >= 0.3 is 0 Å². The fourth-order valence-electron chi connectivity index (χ4n) is 1.73. The number of benzene rings is 1. The molecule has 21 heavy (non-hydrogen) atoms. The van der Waals surface area contributed by atoms with Gasteiger partial charge in [-0.1, -0.05) is 47.9 Å². The van der Waals surface area contributed by atoms with E-state index >= 15 is 0 Å². The first-order valence-corrected chi connectivity index (χ1v) is 7.44. The lowest BCUT2D eigenvalue weighted by Crippen LogP contribution is -2.24. The van der Waals surface area contributed by atoms with Crippen LogP contribution in [0.25, 0.3) is 0 Å². The molecule has 0 fully saturated rings. The zero-order chi connectivity index (χ0) is 15.6. The first-order chi connectivity index (χ1) is 9.77. The third-order valence-corrected chi connectivity index (χ3v) is 3.51. The van der Waals surface area contributed by atoms with Gasteiger partial charge in [-0.05, 0) is 30.2 Å². The number of amides is 1. The molecular formula is C15H18BrN3O2. The fourth-order valence-corrected chi connectivity index (χ4v) is 2.21. The van der Waals surface area contributed by atoms with E-state index in [9.17, 15) is 4.79 Å². The Bertz CT molecular complexity index is 659. The number of rotatable bonds is 3. The molecule has 0 aliphatic heterocycles. The Morgan fingerprint density at radius 3 is 2.67 bits per heavy atom. The summed E-state index contributed by atoms with van der Waals surface area (Å²) >= 11 is 3.41. The zero-order valence-corrected chi connectivity index (χ0v) is 14.1. The van der Waals surface area contributed by atoms with Crippen LogP contribution in [0, 0.1) is 6.92 Å². The minimum absolute atomic E-state index is 0.0645. The molecule has 1 N–H and O–H groups in total. The summed E-state index contributed by atoms with van der Waals surface area (Å²) in [6.07, 6.45) is 0. The summed E-state index contributed by atoms with van der Waals surface area (Å²) in [6, 6.07) is 5.92. The van der Waals surface area contributed by atoms with Gasteiger partial charge in [0, 0.05) is 16.4 Å². The average Bonchev–Trinajstić information content (AvgIpc) is 2.87. The maximum atomic E-state index is 12.0. The molecule has 0 spiro atoms. The highest BCUT2D eigenvalue weighted by atomic mass is 79.9. The Kier molecular flexibility index (Phi) is 4.46. The number of aryl methyl sites for hydroxylation is 1. The second-order valence-corrected chi connectivity index (χ2v) is 6.84. The molecule has 0 bridgehead atoms. The second-order valence-electron chi connectivity index (χ2n) is 5.93. The van der Waals surface area contributed by atoms with E-state index in [2.05, 4.69) is 31.4 Å². The molecule has 2 rings (SSSR count). The number of carbonyl (C=O) groups is 1. The topological polar surface area (TPSA) is 68.0 Å². The molecule has 0 atom stereocenters. The van der Waals surface area contributed by atoms with Crippen LogP contribution < -0.4 is 5.32 Å². The third-order valence-electron chi connectivity index (χ3n) is 3.01. The van der Waals surface area contributed by atoms with E-state index in [1.165, 1.54) is 0 Å². The highest BCUT2D eigenvalue weighted by molar-refractivity contribution is 9.10. The molecule has 6 heteroatoms. The fraction of sp³-hybridized carbons (Fsp3) is 0.400. The largest absolute Gasteiger partial charge is 0.345 e. The molecule has 112 valence electrons. The monoisotopic (exact) mass is 351 g/mol. The van der Waals surface area contributed by atoms with Gasteiger partial charge in [0.25, 0.3) is 11.7 Å². The first-order valence-electron chi connectivity index (χ1n) is 6.65. The summed E-state index contributed by atoms with van der Waals surface area (Å²) in [5, 5.41) is 6.53. The summed E-state index contributed by atoms with van der Waals surface area (Å²) in [5.41, 5.74) is 1.88. The van der Waals surface area contributed by atoms with Crippen LogP contribution in [-0.2, 0) is 12.0 Å². The van der Waals surface area contributed by atoms with Crippen LogP contribution in [0.5, 0.6) is 0 Å². The van der Waals surface area contributed by atoms with E-state index in [0.29, 0.717) is 12.4 Å². The van der Waals surface area contributed by atoms with Crippen LogP contribution in [-0.4, -0.2) is 16.0 Å². The van der Waals surface area contributed by atoms with Crippen molar-refractivity contribution < 1.29 is 9.32 Å². The number of hydrogen-bond acceptors (Lipinski definition) is 4. The van der Waals surface area contributed by atoms with Gasteiger partial charge < -0.3 is 9.84 Å². The number of aromatic nitrogens is 2. The Labute approximate surface area is 132 Å². The molecule has 1 aromatic carbocycles. The van der Waals surface area contributed by atoms with E-state index in [1.807, 2.05) is 45.9 Å². The van der Waals surface area contributed by atoms with Gasteiger partial charge in [0.15, 0.2) is 0 Å². The molecule has 0 unspecified atom stereocenters. The van der Waals surface area contributed by atoms with Crippen molar-refractivity contribution in [1.82, 2.24) is 15.5 Å². The van der Waals surface area contributed by atoms with Crippen molar-refractivity contribution in [3.8, 4) is 0 Å². The van der Waals surface area contributed by atoms with Gasteiger partial charge in [-0.25, -0.2) is 0 Å². The smallest absolute Gasteiger partial charge is 0.292 e. The zero-order valence-electron chi connectivity index (χ0n) is 12.5. The number of nitrogens with zero attached hydrogens (tertiary/aromatic N) is 2. The molecule has 0 saturated heterocycles. The van der Waals surface area contributed by atoms with Gasteiger partial charge in [-0.2, -0.15) is 4.98 Å². The van der Waals surface area contributed by atoms with Gasteiger partial charge in [-0.3, -0.25) is 4.79 Å². The van der Waals surface area contributed by atoms with E-state index in [0.717, 1.165) is 15.6 Å². The van der Waals surface area contributed by atoms with E-state index in [-0.39, 0.29) is 17.1 Å². The predicted molar refractivity (Wildman–Crippen MR) is 83.0 cm³/mol. The molecule has 0 saturated carbocycles. The van der Waals surface area contributed by atoms with Crippen molar-refractivity contribution in [3.63, 3.8) is 0 Å². The van der Waals surface area contributed by atoms with E-state index in [4.69, 9.17) is 4.52 Å². The molecular weight excluding hydrogens is 334 g/mol. The number of halogens is 1. The second kappa shape index (κ2) is 5.97. The summed E-state index contributed by atoms with van der Waals surface area (Å²) in [5.74, 6) is 0.179. The maximum absolute atomic E-state index is 12.0. The molecule has 1 heterocycles. The number of carbonyl (C=O) groups excluding carboxylic acids is 1. The van der Waals surface area contributed by atoms with Crippen LogP contribution >= 0.6 is 15.9 Å². The van der Waals surface area contributed by atoms with Gasteiger partial charge in [-0.15, -0.1) is 0 Å². The third kappa shape index (κ3) is 3.91. The molecule has 2 aromatic rings. The lowest BCUT2D eigenvalue weighted by molar-refractivity contribution is 0.0937. The Morgan fingerprint density at radius 1 is 1.38 bits per heavy atom.